The predicted molar refractivity (Wildman–Crippen MR) is 77.1 cm³/mol. The molecule has 1 aromatic heterocycles. The summed E-state index contributed by atoms with van der Waals surface area (Å²) < 4.78 is 1.48. The number of carbonyl (C=O) groups excluding carboxylic acids is 2. The van der Waals surface area contributed by atoms with Crippen molar-refractivity contribution in [2.45, 2.75) is 12.8 Å². The van der Waals surface area contributed by atoms with Gasteiger partial charge < -0.3 is 11.1 Å². The lowest BCUT2D eigenvalue weighted by Crippen LogP contribution is -2.25. The number of primary amides is 1. The maximum Gasteiger partial charge on any atom is 0.273 e. The van der Waals surface area contributed by atoms with E-state index >= 15 is 0 Å². The van der Waals surface area contributed by atoms with Gasteiger partial charge in [-0.05, 0) is 30.7 Å². The van der Waals surface area contributed by atoms with Gasteiger partial charge in [-0.2, -0.15) is 0 Å². The van der Waals surface area contributed by atoms with E-state index in [-0.39, 0.29) is 18.0 Å². The molecule has 8 heteroatoms. The Labute approximate surface area is 126 Å². The molecule has 0 aliphatic heterocycles. The van der Waals surface area contributed by atoms with Crippen LogP contribution in [0.1, 0.15) is 23.3 Å². The Bertz CT molecular complexity index is 638. The van der Waals surface area contributed by atoms with Crippen molar-refractivity contribution in [2.24, 2.45) is 5.73 Å². The van der Waals surface area contributed by atoms with E-state index in [1.165, 1.54) is 10.9 Å². The molecule has 110 valence electrons. The van der Waals surface area contributed by atoms with E-state index in [4.69, 9.17) is 17.3 Å². The summed E-state index contributed by atoms with van der Waals surface area (Å²) in [6.45, 7) is 0.357. The largest absolute Gasteiger partial charge is 0.370 e. The van der Waals surface area contributed by atoms with E-state index in [1.54, 1.807) is 24.3 Å². The number of nitrogens with two attached hydrogens (primary N) is 1. The average Bonchev–Trinajstić information content (AvgIpc) is 2.94. The topological polar surface area (TPSA) is 103 Å². The maximum atomic E-state index is 11.8. The molecule has 0 spiro atoms. The van der Waals surface area contributed by atoms with Crippen molar-refractivity contribution < 1.29 is 9.59 Å². The first-order valence-electron chi connectivity index (χ1n) is 6.31. The molecule has 0 aliphatic carbocycles. The van der Waals surface area contributed by atoms with Gasteiger partial charge in [-0.1, -0.05) is 16.8 Å². The Morgan fingerprint density at radius 3 is 2.67 bits per heavy atom. The zero-order valence-corrected chi connectivity index (χ0v) is 11.9. The number of aromatic nitrogens is 3. The number of nitrogens with one attached hydrogen (secondary N) is 1. The number of amides is 2. The van der Waals surface area contributed by atoms with Gasteiger partial charge in [0.25, 0.3) is 5.91 Å². The number of carbonyl (C=O) groups is 2. The highest BCUT2D eigenvalue weighted by Crippen LogP contribution is 2.12. The summed E-state index contributed by atoms with van der Waals surface area (Å²) in [5.41, 5.74) is 5.96. The molecular weight excluding hydrogens is 294 g/mol. The molecule has 0 aliphatic rings. The van der Waals surface area contributed by atoms with Crippen LogP contribution in [-0.2, 0) is 4.79 Å². The van der Waals surface area contributed by atoms with Crippen LogP contribution in [-0.4, -0.2) is 33.4 Å². The van der Waals surface area contributed by atoms with Crippen LogP contribution in [0.15, 0.2) is 30.5 Å². The van der Waals surface area contributed by atoms with Crippen molar-refractivity contribution in [3.63, 3.8) is 0 Å². The molecule has 0 atom stereocenters. The number of rotatable bonds is 6. The van der Waals surface area contributed by atoms with Crippen LogP contribution < -0.4 is 11.1 Å². The van der Waals surface area contributed by atoms with Gasteiger partial charge in [0.05, 0.1) is 11.9 Å². The summed E-state index contributed by atoms with van der Waals surface area (Å²) in [6, 6.07) is 6.99. The second-order valence-electron chi connectivity index (χ2n) is 4.35. The SMILES string of the molecule is NC(=O)CCCNC(=O)c1cn(-c2ccc(Cl)cc2)nn1. The van der Waals surface area contributed by atoms with Crippen molar-refractivity contribution in [1.29, 1.82) is 0 Å². The monoisotopic (exact) mass is 307 g/mol. The molecule has 2 aromatic rings. The third-order valence-corrected chi connectivity index (χ3v) is 2.95. The molecule has 0 unspecified atom stereocenters. The van der Waals surface area contributed by atoms with Gasteiger partial charge in [-0.25, -0.2) is 4.68 Å². The van der Waals surface area contributed by atoms with Gasteiger partial charge in [0.2, 0.25) is 5.91 Å². The number of hydrogen-bond acceptors (Lipinski definition) is 4. The van der Waals surface area contributed by atoms with Crippen LogP contribution in [0.3, 0.4) is 0 Å². The molecule has 1 aromatic carbocycles. The zero-order valence-electron chi connectivity index (χ0n) is 11.1. The van der Waals surface area contributed by atoms with Crippen molar-refractivity contribution in [1.82, 2.24) is 20.3 Å². The fourth-order valence-electron chi connectivity index (χ4n) is 1.64. The maximum absolute atomic E-state index is 11.8. The first kappa shape index (κ1) is 15.0. The first-order chi connectivity index (χ1) is 10.1. The van der Waals surface area contributed by atoms with Crippen LogP contribution in [0.25, 0.3) is 5.69 Å². The quantitative estimate of drug-likeness (QED) is 0.774. The van der Waals surface area contributed by atoms with E-state index in [0.717, 1.165) is 5.69 Å². The van der Waals surface area contributed by atoms with E-state index in [2.05, 4.69) is 15.6 Å². The second-order valence-corrected chi connectivity index (χ2v) is 4.79. The number of halogens is 1. The number of nitrogens with zero attached hydrogens (tertiary/aromatic N) is 3. The molecule has 2 amide bonds. The Kier molecular flexibility index (Phi) is 4.89. The predicted octanol–water partition coefficient (Wildman–Crippen LogP) is 0.916. The van der Waals surface area contributed by atoms with Gasteiger partial charge in [0.15, 0.2) is 5.69 Å². The van der Waals surface area contributed by atoms with Crippen LogP contribution in [0.2, 0.25) is 5.02 Å². The summed E-state index contributed by atoms with van der Waals surface area (Å²) >= 11 is 5.81. The molecule has 21 heavy (non-hydrogen) atoms. The number of benzene rings is 1. The Morgan fingerprint density at radius 2 is 2.00 bits per heavy atom. The summed E-state index contributed by atoms with van der Waals surface area (Å²) in [6.07, 6.45) is 2.25. The second kappa shape index (κ2) is 6.85. The lowest BCUT2D eigenvalue weighted by Gasteiger charge is -2.01. The van der Waals surface area contributed by atoms with Gasteiger partial charge in [-0.15, -0.1) is 5.10 Å². The van der Waals surface area contributed by atoms with Crippen LogP contribution in [0, 0.1) is 0 Å². The van der Waals surface area contributed by atoms with Crippen molar-refractivity contribution >= 4 is 23.4 Å². The summed E-state index contributed by atoms with van der Waals surface area (Å²) in [5, 5.41) is 10.9. The van der Waals surface area contributed by atoms with E-state index in [0.29, 0.717) is 18.0 Å². The van der Waals surface area contributed by atoms with Crippen molar-refractivity contribution in [3.8, 4) is 5.69 Å². The van der Waals surface area contributed by atoms with E-state index < -0.39 is 5.91 Å². The van der Waals surface area contributed by atoms with Gasteiger partial charge >= 0.3 is 0 Å². The highest BCUT2D eigenvalue weighted by molar-refractivity contribution is 6.30. The molecule has 7 nitrogen and oxygen atoms in total. The van der Waals surface area contributed by atoms with Gasteiger partial charge in [-0.3, -0.25) is 9.59 Å². The van der Waals surface area contributed by atoms with E-state index in [1.807, 2.05) is 0 Å². The summed E-state index contributed by atoms with van der Waals surface area (Å²) in [4.78, 5) is 22.4. The molecule has 0 bridgehead atoms. The Balaban J connectivity index is 1.94. The molecule has 1 heterocycles. The Morgan fingerprint density at radius 1 is 1.29 bits per heavy atom. The lowest BCUT2D eigenvalue weighted by atomic mass is 10.3. The summed E-state index contributed by atoms with van der Waals surface area (Å²) in [7, 11) is 0. The van der Waals surface area contributed by atoms with Gasteiger partial charge in [0, 0.05) is 18.0 Å². The third kappa shape index (κ3) is 4.28. The Hall–Kier alpha value is -2.41. The van der Waals surface area contributed by atoms with Crippen LogP contribution in [0.4, 0.5) is 0 Å². The minimum Gasteiger partial charge on any atom is -0.370 e. The first-order valence-corrected chi connectivity index (χ1v) is 6.69. The normalized spacial score (nSPS) is 10.3. The molecule has 0 saturated heterocycles. The minimum absolute atomic E-state index is 0.198. The molecule has 0 radical (unpaired) electrons. The molecular formula is C13H14ClN5O2. The van der Waals surface area contributed by atoms with Crippen LogP contribution >= 0.6 is 11.6 Å². The van der Waals surface area contributed by atoms with Gasteiger partial charge in [0.1, 0.15) is 0 Å². The highest BCUT2D eigenvalue weighted by atomic mass is 35.5. The smallest absolute Gasteiger partial charge is 0.273 e. The number of hydrogen-bond donors (Lipinski definition) is 2. The fraction of sp³-hybridized carbons (Fsp3) is 0.231. The summed E-state index contributed by atoms with van der Waals surface area (Å²) in [5.74, 6) is -0.738. The fourth-order valence-corrected chi connectivity index (χ4v) is 1.77. The van der Waals surface area contributed by atoms with E-state index in [9.17, 15) is 9.59 Å². The zero-order chi connectivity index (χ0) is 15.2. The van der Waals surface area contributed by atoms with Crippen molar-refractivity contribution in [2.75, 3.05) is 6.54 Å². The molecule has 2 rings (SSSR count). The molecule has 3 N–H and O–H groups in total. The minimum atomic E-state index is -0.391. The third-order valence-electron chi connectivity index (χ3n) is 2.70. The molecule has 0 fully saturated rings. The average molecular weight is 308 g/mol. The molecule has 0 saturated carbocycles. The van der Waals surface area contributed by atoms with Crippen molar-refractivity contribution in [3.05, 3.63) is 41.2 Å². The standard InChI is InChI=1S/C13H14ClN5O2/c14-9-3-5-10(6-4-9)19-8-11(17-18-19)13(21)16-7-1-2-12(15)20/h3-6,8H,1-2,7H2,(H2,15,20)(H,16,21). The highest BCUT2D eigenvalue weighted by Gasteiger charge is 2.11. The van der Waals surface area contributed by atoms with Crippen LogP contribution in [0.5, 0.6) is 0 Å². The lowest BCUT2D eigenvalue weighted by molar-refractivity contribution is -0.118.